The van der Waals surface area contributed by atoms with Gasteiger partial charge in [-0.1, -0.05) is 17.7 Å². The predicted molar refractivity (Wildman–Crippen MR) is 72.3 cm³/mol. The molecule has 0 atom stereocenters. The smallest absolute Gasteiger partial charge is 0.266 e. The molecule has 2 N–H and O–H groups in total. The summed E-state index contributed by atoms with van der Waals surface area (Å²) in [4.78, 5) is 0.147. The maximum atomic E-state index is 12.1. The van der Waals surface area contributed by atoms with Gasteiger partial charge in [0.15, 0.2) is 0 Å². The second-order valence-electron chi connectivity index (χ2n) is 4.41. The number of benzene rings is 1. The van der Waals surface area contributed by atoms with Gasteiger partial charge in [0.05, 0.1) is 10.6 Å². The fourth-order valence-corrected chi connectivity index (χ4v) is 3.94. The van der Waals surface area contributed by atoms with E-state index in [0.717, 1.165) is 5.56 Å². The van der Waals surface area contributed by atoms with E-state index in [9.17, 15) is 16.8 Å². The van der Waals surface area contributed by atoms with Crippen molar-refractivity contribution in [1.82, 2.24) is 4.72 Å². The van der Waals surface area contributed by atoms with Crippen LogP contribution < -0.4 is 4.72 Å². The summed E-state index contributed by atoms with van der Waals surface area (Å²) < 4.78 is 56.0. The SMILES string of the molecule is Cc1cc(C)c(S(=O)(=O)NCCS(=O)(=O)O)c(C)c1. The molecule has 1 rings (SSSR count). The largest absolute Gasteiger partial charge is 0.286 e. The van der Waals surface area contributed by atoms with E-state index in [0.29, 0.717) is 11.1 Å². The molecule has 0 aliphatic heterocycles. The third-order valence-electron chi connectivity index (χ3n) is 2.53. The molecule has 0 unspecified atom stereocenters. The van der Waals surface area contributed by atoms with E-state index < -0.39 is 25.9 Å². The molecule has 0 saturated carbocycles. The second-order valence-corrected chi connectivity index (χ2v) is 7.69. The molecule has 0 amide bonds. The first-order valence-electron chi connectivity index (χ1n) is 5.55. The van der Waals surface area contributed by atoms with Gasteiger partial charge in [0.1, 0.15) is 0 Å². The summed E-state index contributed by atoms with van der Waals surface area (Å²) in [6.07, 6.45) is 0. The van der Waals surface area contributed by atoms with Crippen molar-refractivity contribution >= 4 is 20.1 Å². The molecule has 0 heterocycles. The van der Waals surface area contributed by atoms with Crippen molar-refractivity contribution in [3.05, 3.63) is 28.8 Å². The quantitative estimate of drug-likeness (QED) is 0.783. The molecule has 108 valence electrons. The van der Waals surface area contributed by atoms with E-state index in [-0.39, 0.29) is 11.4 Å². The lowest BCUT2D eigenvalue weighted by atomic mass is 10.1. The molecule has 0 aliphatic rings. The summed E-state index contributed by atoms with van der Waals surface area (Å²) in [5.74, 6) is -0.657. The number of hydrogen-bond donors (Lipinski definition) is 2. The highest BCUT2D eigenvalue weighted by molar-refractivity contribution is 7.89. The lowest BCUT2D eigenvalue weighted by Gasteiger charge is -2.12. The molecule has 0 bridgehead atoms. The lowest BCUT2D eigenvalue weighted by molar-refractivity contribution is 0.482. The van der Waals surface area contributed by atoms with Gasteiger partial charge in [-0.3, -0.25) is 4.55 Å². The van der Waals surface area contributed by atoms with Crippen LogP contribution in [-0.2, 0) is 20.1 Å². The fraction of sp³-hybridized carbons (Fsp3) is 0.455. The van der Waals surface area contributed by atoms with Gasteiger partial charge in [-0.05, 0) is 31.9 Å². The maximum absolute atomic E-state index is 12.1. The fourth-order valence-electron chi connectivity index (χ4n) is 1.97. The number of hydrogen-bond acceptors (Lipinski definition) is 4. The van der Waals surface area contributed by atoms with Gasteiger partial charge in [0.25, 0.3) is 10.1 Å². The molecule has 6 nitrogen and oxygen atoms in total. The molecular formula is C11H17NO5S2. The molecule has 0 saturated heterocycles. The first-order valence-corrected chi connectivity index (χ1v) is 8.65. The Bertz CT molecular complexity index is 654. The second kappa shape index (κ2) is 5.58. The van der Waals surface area contributed by atoms with E-state index >= 15 is 0 Å². The van der Waals surface area contributed by atoms with Crippen LogP contribution in [0.15, 0.2) is 17.0 Å². The lowest BCUT2D eigenvalue weighted by Crippen LogP contribution is -2.30. The molecule has 0 aromatic heterocycles. The van der Waals surface area contributed by atoms with Crippen molar-refractivity contribution in [3.8, 4) is 0 Å². The highest BCUT2D eigenvalue weighted by Crippen LogP contribution is 2.21. The van der Waals surface area contributed by atoms with Crippen molar-refractivity contribution in [2.75, 3.05) is 12.3 Å². The van der Waals surface area contributed by atoms with E-state index in [4.69, 9.17) is 4.55 Å². The van der Waals surface area contributed by atoms with Crippen LogP contribution in [0.5, 0.6) is 0 Å². The Morgan fingerprint density at radius 3 is 1.95 bits per heavy atom. The summed E-state index contributed by atoms with van der Waals surface area (Å²) >= 11 is 0. The van der Waals surface area contributed by atoms with Crippen molar-refractivity contribution in [2.24, 2.45) is 0 Å². The van der Waals surface area contributed by atoms with Crippen LogP contribution >= 0.6 is 0 Å². The van der Waals surface area contributed by atoms with Crippen molar-refractivity contribution < 1.29 is 21.4 Å². The van der Waals surface area contributed by atoms with E-state index in [2.05, 4.69) is 4.72 Å². The van der Waals surface area contributed by atoms with Crippen molar-refractivity contribution in [3.63, 3.8) is 0 Å². The Hall–Kier alpha value is -0.960. The van der Waals surface area contributed by atoms with E-state index in [1.54, 1.807) is 26.0 Å². The Labute approximate surface area is 113 Å². The number of rotatable bonds is 5. The van der Waals surface area contributed by atoms with Gasteiger partial charge < -0.3 is 0 Å². The molecule has 0 fully saturated rings. The molecule has 0 aliphatic carbocycles. The summed E-state index contributed by atoms with van der Waals surface area (Å²) in [6.45, 7) is 4.85. The molecule has 8 heteroatoms. The van der Waals surface area contributed by atoms with Crippen LogP contribution in [-0.4, -0.2) is 33.7 Å². The highest BCUT2D eigenvalue weighted by Gasteiger charge is 2.20. The van der Waals surface area contributed by atoms with Gasteiger partial charge in [0.2, 0.25) is 10.0 Å². The first kappa shape index (κ1) is 16.1. The van der Waals surface area contributed by atoms with Gasteiger partial charge in [-0.25, -0.2) is 13.1 Å². The summed E-state index contributed by atoms with van der Waals surface area (Å²) in [5.41, 5.74) is 2.14. The normalized spacial score (nSPS) is 12.6. The zero-order chi connectivity index (χ0) is 14.8. The van der Waals surface area contributed by atoms with Crippen LogP contribution in [0.25, 0.3) is 0 Å². The number of sulfonamides is 1. The van der Waals surface area contributed by atoms with Gasteiger partial charge >= 0.3 is 0 Å². The minimum atomic E-state index is -4.18. The van der Waals surface area contributed by atoms with Gasteiger partial charge in [-0.15, -0.1) is 0 Å². The topological polar surface area (TPSA) is 101 Å². The van der Waals surface area contributed by atoms with Gasteiger partial charge in [0, 0.05) is 6.54 Å². The first-order chi connectivity index (χ1) is 8.53. The minimum Gasteiger partial charge on any atom is -0.286 e. The molecule has 0 radical (unpaired) electrons. The predicted octanol–water partition coefficient (Wildman–Crippen LogP) is 0.778. The molecule has 1 aromatic rings. The van der Waals surface area contributed by atoms with Crippen molar-refractivity contribution in [1.29, 1.82) is 0 Å². The summed E-state index contributed by atoms with van der Waals surface area (Å²) in [6, 6.07) is 3.48. The molecule has 1 aromatic carbocycles. The van der Waals surface area contributed by atoms with E-state index in [1.807, 2.05) is 6.92 Å². The average molecular weight is 307 g/mol. The average Bonchev–Trinajstić information content (AvgIpc) is 2.11. The summed E-state index contributed by atoms with van der Waals surface area (Å²) in [7, 11) is -7.97. The molecule has 0 spiro atoms. The van der Waals surface area contributed by atoms with Gasteiger partial charge in [-0.2, -0.15) is 8.42 Å². The van der Waals surface area contributed by atoms with Crippen molar-refractivity contribution in [2.45, 2.75) is 25.7 Å². The molecular weight excluding hydrogens is 290 g/mol. The third-order valence-corrected chi connectivity index (χ3v) is 5.01. The Kier molecular flexibility index (Phi) is 4.72. The monoisotopic (exact) mass is 307 g/mol. The Balaban J connectivity index is 3.02. The third kappa shape index (κ3) is 4.57. The maximum Gasteiger partial charge on any atom is 0.266 e. The number of nitrogens with one attached hydrogen (secondary N) is 1. The standard InChI is InChI=1S/C11H17NO5S2/c1-8-6-9(2)11(10(3)7-8)19(16,17)12-4-5-18(13,14)15/h6-7,12H,4-5H2,1-3H3,(H,13,14,15). The van der Waals surface area contributed by atoms with Crippen LogP contribution in [0, 0.1) is 20.8 Å². The van der Waals surface area contributed by atoms with E-state index in [1.165, 1.54) is 0 Å². The van der Waals surface area contributed by atoms with Crippen LogP contribution in [0.3, 0.4) is 0 Å². The minimum absolute atomic E-state index is 0.147. The zero-order valence-corrected chi connectivity index (χ0v) is 12.6. The molecule has 19 heavy (non-hydrogen) atoms. The Morgan fingerprint density at radius 1 is 1.05 bits per heavy atom. The van der Waals surface area contributed by atoms with Crippen LogP contribution in [0.1, 0.15) is 16.7 Å². The van der Waals surface area contributed by atoms with Crippen LogP contribution in [0.2, 0.25) is 0 Å². The Morgan fingerprint density at radius 2 is 1.53 bits per heavy atom. The summed E-state index contributed by atoms with van der Waals surface area (Å²) in [5, 5.41) is 0. The van der Waals surface area contributed by atoms with Crippen LogP contribution in [0.4, 0.5) is 0 Å². The number of aryl methyl sites for hydroxylation is 3. The zero-order valence-electron chi connectivity index (χ0n) is 11.0. The highest BCUT2D eigenvalue weighted by atomic mass is 32.2.